The number of allylic oxidation sites excluding steroid dienone is 3. The maximum Gasteiger partial charge on any atom is 0.261 e. The van der Waals surface area contributed by atoms with Crippen molar-refractivity contribution in [1.29, 1.82) is 0 Å². The van der Waals surface area contributed by atoms with E-state index in [1.807, 2.05) is 43.3 Å². The van der Waals surface area contributed by atoms with Crippen molar-refractivity contribution in [3.8, 4) is 0 Å². The van der Waals surface area contributed by atoms with Crippen LogP contribution in [0.15, 0.2) is 58.6 Å². The molecule has 1 N–H and O–H groups in total. The Morgan fingerprint density at radius 2 is 2.17 bits per heavy atom. The number of aliphatic imine (C=N–C) groups is 2. The van der Waals surface area contributed by atoms with Gasteiger partial charge in [-0.05, 0) is 30.7 Å². The number of rotatable bonds is 3. The van der Waals surface area contributed by atoms with Crippen molar-refractivity contribution < 1.29 is 9.59 Å². The molecule has 1 heterocycles. The molecular weight excluding hydrogens is 310 g/mol. The van der Waals surface area contributed by atoms with Crippen LogP contribution in [0.3, 0.4) is 0 Å². The maximum absolute atomic E-state index is 12.0. The van der Waals surface area contributed by atoms with Gasteiger partial charge in [-0.2, -0.15) is 4.99 Å². The van der Waals surface area contributed by atoms with Crippen LogP contribution in [0.4, 0.5) is 5.69 Å². The van der Waals surface area contributed by atoms with E-state index in [2.05, 4.69) is 15.3 Å². The van der Waals surface area contributed by atoms with Crippen molar-refractivity contribution >= 4 is 40.1 Å². The van der Waals surface area contributed by atoms with Crippen molar-refractivity contribution in [2.24, 2.45) is 15.9 Å². The first-order valence-corrected chi connectivity index (χ1v) is 8.16. The van der Waals surface area contributed by atoms with E-state index in [1.165, 1.54) is 0 Å². The Bertz CT molecular complexity index is 778. The Morgan fingerprint density at radius 3 is 3.00 bits per heavy atom. The molecule has 0 aromatic heterocycles. The van der Waals surface area contributed by atoms with Gasteiger partial charge in [-0.3, -0.25) is 9.59 Å². The van der Waals surface area contributed by atoms with Crippen LogP contribution in [0.2, 0.25) is 0 Å². The lowest BCUT2D eigenvalue weighted by molar-refractivity contribution is -0.118. The minimum atomic E-state index is -0.384. The first-order chi connectivity index (χ1) is 11.1. The highest BCUT2D eigenvalue weighted by Crippen LogP contribution is 2.20. The van der Waals surface area contributed by atoms with Crippen LogP contribution >= 0.6 is 11.8 Å². The van der Waals surface area contributed by atoms with Crippen LogP contribution in [0.1, 0.15) is 5.56 Å². The van der Waals surface area contributed by atoms with E-state index in [-0.39, 0.29) is 23.5 Å². The third-order valence-electron chi connectivity index (χ3n) is 3.33. The summed E-state index contributed by atoms with van der Waals surface area (Å²) in [6.07, 6.45) is 7.21. The maximum atomic E-state index is 12.0. The summed E-state index contributed by atoms with van der Waals surface area (Å²) >= 11 is 1.16. The lowest BCUT2D eigenvalue weighted by atomic mass is 9.97. The summed E-state index contributed by atoms with van der Waals surface area (Å²) in [6, 6.07) is 7.58. The third kappa shape index (κ3) is 3.84. The zero-order valence-electron chi connectivity index (χ0n) is 12.5. The summed E-state index contributed by atoms with van der Waals surface area (Å²) in [5, 5.41) is 3.15. The van der Waals surface area contributed by atoms with Gasteiger partial charge in [0.25, 0.3) is 5.91 Å². The molecule has 6 heteroatoms. The van der Waals surface area contributed by atoms with Crippen LogP contribution in [-0.2, 0) is 9.59 Å². The average molecular weight is 325 g/mol. The quantitative estimate of drug-likeness (QED) is 0.929. The minimum Gasteiger partial charge on any atom is -0.325 e. The summed E-state index contributed by atoms with van der Waals surface area (Å²) in [5.41, 5.74) is 2.50. The molecule has 0 saturated heterocycles. The van der Waals surface area contributed by atoms with E-state index < -0.39 is 0 Å². The number of carbonyl (C=O) groups excluding carboxylic acids is 2. The molecule has 2 amide bonds. The number of hydrogen-bond donors (Lipinski definition) is 1. The van der Waals surface area contributed by atoms with Gasteiger partial charge in [0.15, 0.2) is 5.17 Å². The van der Waals surface area contributed by atoms with E-state index >= 15 is 0 Å². The molecule has 1 aromatic carbocycles. The van der Waals surface area contributed by atoms with Crippen molar-refractivity contribution in [3.63, 3.8) is 0 Å². The van der Waals surface area contributed by atoms with Crippen molar-refractivity contribution in [1.82, 2.24) is 0 Å². The molecule has 2 aliphatic rings. The molecule has 0 bridgehead atoms. The molecule has 0 saturated carbocycles. The Hall–Kier alpha value is -2.47. The van der Waals surface area contributed by atoms with Gasteiger partial charge >= 0.3 is 0 Å². The molecule has 0 fully saturated rings. The average Bonchev–Trinajstić information content (AvgIpc) is 2.53. The Balaban J connectivity index is 1.59. The predicted octanol–water partition coefficient (Wildman–Crippen LogP) is 2.75. The van der Waals surface area contributed by atoms with Gasteiger partial charge in [0.05, 0.1) is 11.5 Å². The normalized spacial score (nSPS) is 19.0. The highest BCUT2D eigenvalue weighted by atomic mass is 32.2. The number of thioether (sulfide) groups is 1. The number of amidine groups is 1. The van der Waals surface area contributed by atoms with E-state index in [4.69, 9.17) is 0 Å². The third-order valence-corrected chi connectivity index (χ3v) is 4.18. The number of carbonyl (C=O) groups is 2. The molecule has 116 valence electrons. The van der Waals surface area contributed by atoms with Crippen LogP contribution in [0, 0.1) is 12.8 Å². The first-order valence-electron chi connectivity index (χ1n) is 7.17. The largest absolute Gasteiger partial charge is 0.325 e. The lowest BCUT2D eigenvalue weighted by Gasteiger charge is -2.17. The molecule has 1 aliphatic carbocycles. The number of anilines is 1. The Morgan fingerprint density at radius 1 is 1.30 bits per heavy atom. The summed E-state index contributed by atoms with van der Waals surface area (Å²) in [5.74, 6) is -0.624. The molecule has 1 unspecified atom stereocenters. The second-order valence-corrected chi connectivity index (χ2v) is 6.14. The SMILES string of the molecule is Cc1cccc(NC(=O)CSC2=NC(=O)C3C=CC=CC3=N2)c1. The fraction of sp³-hybridized carbons (Fsp3) is 0.176. The fourth-order valence-corrected chi connectivity index (χ4v) is 2.92. The number of benzene rings is 1. The topological polar surface area (TPSA) is 70.9 Å². The Kier molecular flexibility index (Phi) is 4.52. The van der Waals surface area contributed by atoms with Gasteiger partial charge in [-0.15, -0.1) is 0 Å². The zero-order valence-corrected chi connectivity index (χ0v) is 13.3. The standard InChI is InChI=1S/C17H15N3O2S/c1-11-5-4-6-12(9-11)18-15(21)10-23-17-19-14-8-3-2-7-13(14)16(22)20-17/h2-9,13H,10H2,1H3,(H,18,21). The number of hydrogen-bond acceptors (Lipinski definition) is 4. The fourth-order valence-electron chi connectivity index (χ4n) is 2.26. The molecule has 0 spiro atoms. The molecule has 1 aliphatic heterocycles. The minimum absolute atomic E-state index is 0.154. The molecule has 1 atom stereocenters. The van der Waals surface area contributed by atoms with Gasteiger partial charge in [0, 0.05) is 5.69 Å². The molecular formula is C17H15N3O2S. The zero-order chi connectivity index (χ0) is 16.2. The molecule has 5 nitrogen and oxygen atoms in total. The first kappa shape index (κ1) is 15.4. The van der Waals surface area contributed by atoms with Gasteiger partial charge in [-0.25, -0.2) is 4.99 Å². The number of nitrogens with zero attached hydrogens (tertiary/aromatic N) is 2. The van der Waals surface area contributed by atoms with Crippen molar-refractivity contribution in [2.75, 3.05) is 11.1 Å². The van der Waals surface area contributed by atoms with Gasteiger partial charge in [0.2, 0.25) is 5.91 Å². The van der Waals surface area contributed by atoms with Crippen LogP contribution < -0.4 is 5.32 Å². The second-order valence-electron chi connectivity index (χ2n) is 5.20. The summed E-state index contributed by atoms with van der Waals surface area (Å²) in [4.78, 5) is 32.2. The highest BCUT2D eigenvalue weighted by Gasteiger charge is 2.26. The van der Waals surface area contributed by atoms with E-state index in [0.717, 1.165) is 23.0 Å². The monoisotopic (exact) mass is 325 g/mol. The number of amides is 2. The summed E-state index contributed by atoms with van der Waals surface area (Å²) in [7, 11) is 0. The van der Waals surface area contributed by atoms with Gasteiger partial charge in [-0.1, -0.05) is 42.1 Å². The second kappa shape index (κ2) is 6.75. The summed E-state index contributed by atoms with van der Waals surface area (Å²) < 4.78 is 0. The molecule has 23 heavy (non-hydrogen) atoms. The van der Waals surface area contributed by atoms with E-state index in [0.29, 0.717) is 10.9 Å². The van der Waals surface area contributed by atoms with Gasteiger partial charge in [0.1, 0.15) is 5.92 Å². The van der Waals surface area contributed by atoms with Crippen LogP contribution in [0.25, 0.3) is 0 Å². The van der Waals surface area contributed by atoms with E-state index in [9.17, 15) is 9.59 Å². The number of nitrogens with one attached hydrogen (secondary N) is 1. The lowest BCUT2D eigenvalue weighted by Crippen LogP contribution is -2.26. The van der Waals surface area contributed by atoms with Crippen molar-refractivity contribution in [2.45, 2.75) is 6.92 Å². The summed E-state index contributed by atoms with van der Waals surface area (Å²) in [6.45, 7) is 1.96. The number of fused-ring (bicyclic) bond motifs is 1. The van der Waals surface area contributed by atoms with Gasteiger partial charge < -0.3 is 5.32 Å². The highest BCUT2D eigenvalue weighted by molar-refractivity contribution is 8.14. The molecule has 0 radical (unpaired) electrons. The molecule has 1 aromatic rings. The molecule has 3 rings (SSSR count). The van der Waals surface area contributed by atoms with Crippen LogP contribution in [0.5, 0.6) is 0 Å². The predicted molar refractivity (Wildman–Crippen MR) is 93.9 cm³/mol. The van der Waals surface area contributed by atoms with E-state index in [1.54, 1.807) is 12.2 Å². The Labute approximate surface area is 138 Å². The van der Waals surface area contributed by atoms with Crippen molar-refractivity contribution in [3.05, 3.63) is 54.1 Å². The number of aryl methyl sites for hydroxylation is 1. The smallest absolute Gasteiger partial charge is 0.261 e. The van der Waals surface area contributed by atoms with Crippen LogP contribution in [-0.4, -0.2) is 28.4 Å².